The lowest BCUT2D eigenvalue weighted by molar-refractivity contribution is 0.0595. The van der Waals surface area contributed by atoms with Gasteiger partial charge in [-0.2, -0.15) is 0 Å². The van der Waals surface area contributed by atoms with Gasteiger partial charge < -0.3 is 10.1 Å². The van der Waals surface area contributed by atoms with Crippen molar-refractivity contribution < 1.29 is 22.7 Å². The first kappa shape index (κ1) is 14.3. The Hall–Kier alpha value is -1.72. The van der Waals surface area contributed by atoms with E-state index in [2.05, 4.69) is 10.1 Å². The van der Waals surface area contributed by atoms with Gasteiger partial charge >= 0.3 is 5.97 Å². The number of benzene rings is 1. The monoisotopic (exact) mass is 261 g/mol. The number of hydrogen-bond acceptors (Lipinski definition) is 3. The molecule has 0 unspecified atom stereocenters. The topological polar surface area (TPSA) is 38.3 Å². The molecule has 1 N–H and O–H groups in total. The van der Waals surface area contributed by atoms with Crippen molar-refractivity contribution in [3.8, 4) is 0 Å². The highest BCUT2D eigenvalue weighted by Crippen LogP contribution is 2.26. The van der Waals surface area contributed by atoms with Crippen LogP contribution < -0.4 is 5.32 Å². The van der Waals surface area contributed by atoms with Crippen LogP contribution in [0.5, 0.6) is 0 Å². The summed E-state index contributed by atoms with van der Waals surface area (Å²) < 4.78 is 44.4. The Morgan fingerprint density at radius 1 is 1.33 bits per heavy atom. The first-order valence-electron chi connectivity index (χ1n) is 5.52. The molecule has 0 saturated heterocycles. The van der Waals surface area contributed by atoms with E-state index in [0.717, 1.165) is 13.5 Å². The third kappa shape index (κ3) is 2.94. The molecule has 0 aromatic heterocycles. The Balaban J connectivity index is 3.20. The van der Waals surface area contributed by atoms with Gasteiger partial charge in [0.1, 0.15) is 11.4 Å². The molecule has 100 valence electrons. The minimum absolute atomic E-state index is 0.350. The van der Waals surface area contributed by atoms with Gasteiger partial charge in [-0.15, -0.1) is 0 Å². The van der Waals surface area contributed by atoms with Crippen molar-refractivity contribution in [3.63, 3.8) is 0 Å². The zero-order valence-electron chi connectivity index (χ0n) is 10.1. The van der Waals surface area contributed by atoms with Crippen molar-refractivity contribution in [1.82, 2.24) is 0 Å². The van der Waals surface area contributed by atoms with Gasteiger partial charge in [0.15, 0.2) is 11.6 Å². The van der Waals surface area contributed by atoms with E-state index in [4.69, 9.17) is 0 Å². The zero-order chi connectivity index (χ0) is 13.7. The number of ether oxygens (including phenoxy) is 1. The second-order valence-electron chi connectivity index (χ2n) is 3.68. The number of rotatable bonds is 5. The molecule has 0 fully saturated rings. The summed E-state index contributed by atoms with van der Waals surface area (Å²) in [5.41, 5.74) is -1.11. The molecule has 0 amide bonds. The van der Waals surface area contributed by atoms with Gasteiger partial charge in [-0.1, -0.05) is 13.3 Å². The Labute approximate surface area is 103 Å². The standard InChI is InChI=1S/C12H14F3NO2/c1-3-4-5-16-11-8(14)6-7(13)10(15)9(11)12(17)18-2/h6,16H,3-5H2,1-2H3. The van der Waals surface area contributed by atoms with E-state index in [-0.39, 0.29) is 5.69 Å². The molecule has 1 aromatic rings. The summed E-state index contributed by atoms with van der Waals surface area (Å²) in [6.45, 7) is 2.27. The predicted molar refractivity (Wildman–Crippen MR) is 61.1 cm³/mol. The molecule has 0 spiro atoms. The van der Waals surface area contributed by atoms with E-state index >= 15 is 0 Å². The Morgan fingerprint density at radius 2 is 2.00 bits per heavy atom. The van der Waals surface area contributed by atoms with Crippen LogP contribution in [0, 0.1) is 17.5 Å². The molecule has 3 nitrogen and oxygen atoms in total. The number of nitrogens with one attached hydrogen (secondary N) is 1. The van der Waals surface area contributed by atoms with Gasteiger partial charge in [0.25, 0.3) is 0 Å². The maximum Gasteiger partial charge on any atom is 0.343 e. The molecule has 6 heteroatoms. The smallest absolute Gasteiger partial charge is 0.343 e. The lowest BCUT2D eigenvalue weighted by Gasteiger charge is -2.12. The molecule has 0 aliphatic carbocycles. The van der Waals surface area contributed by atoms with Gasteiger partial charge in [-0.25, -0.2) is 18.0 Å². The molecule has 0 atom stereocenters. The van der Waals surface area contributed by atoms with Crippen molar-refractivity contribution in [3.05, 3.63) is 29.1 Å². The minimum atomic E-state index is -1.42. The number of esters is 1. The van der Waals surface area contributed by atoms with Crippen LogP contribution in [0.15, 0.2) is 6.07 Å². The highest BCUT2D eigenvalue weighted by molar-refractivity contribution is 5.96. The first-order chi connectivity index (χ1) is 8.52. The average Bonchev–Trinajstić information content (AvgIpc) is 2.35. The van der Waals surface area contributed by atoms with Gasteiger partial charge in [-0.3, -0.25) is 0 Å². The summed E-state index contributed by atoms with van der Waals surface area (Å²) in [4.78, 5) is 11.4. The lowest BCUT2D eigenvalue weighted by atomic mass is 10.1. The van der Waals surface area contributed by atoms with Crippen LogP contribution in [-0.4, -0.2) is 19.6 Å². The summed E-state index contributed by atoms with van der Waals surface area (Å²) in [7, 11) is 1.01. The molecule has 0 saturated carbocycles. The summed E-state index contributed by atoms with van der Waals surface area (Å²) in [6, 6.07) is 0.399. The van der Waals surface area contributed by atoms with E-state index in [1.807, 2.05) is 6.92 Å². The number of carbonyl (C=O) groups is 1. The van der Waals surface area contributed by atoms with Gasteiger partial charge in [0, 0.05) is 12.6 Å². The van der Waals surface area contributed by atoms with Crippen LogP contribution in [0.4, 0.5) is 18.9 Å². The van der Waals surface area contributed by atoms with Gasteiger partial charge in [0.2, 0.25) is 0 Å². The summed E-state index contributed by atoms with van der Waals surface area (Å²) in [5.74, 6) is -4.98. The van der Waals surface area contributed by atoms with Crippen LogP contribution in [0.2, 0.25) is 0 Å². The second kappa shape index (κ2) is 6.28. The molecule has 18 heavy (non-hydrogen) atoms. The molecule has 1 aromatic carbocycles. The number of carbonyl (C=O) groups excluding carboxylic acids is 1. The van der Waals surface area contributed by atoms with Crippen molar-refractivity contribution in [1.29, 1.82) is 0 Å². The lowest BCUT2D eigenvalue weighted by Crippen LogP contribution is -2.14. The molecule has 1 rings (SSSR count). The normalized spacial score (nSPS) is 10.3. The van der Waals surface area contributed by atoms with E-state index in [0.29, 0.717) is 19.0 Å². The molecular weight excluding hydrogens is 247 g/mol. The fourth-order valence-electron chi connectivity index (χ4n) is 1.45. The number of unbranched alkanes of at least 4 members (excludes halogenated alkanes) is 1. The molecular formula is C12H14F3NO2. The van der Waals surface area contributed by atoms with E-state index < -0.39 is 29.0 Å². The molecule has 0 radical (unpaired) electrons. The SMILES string of the molecule is CCCCNc1c(F)cc(F)c(F)c1C(=O)OC. The summed E-state index contributed by atoms with van der Waals surface area (Å²) in [5, 5.41) is 2.58. The van der Waals surface area contributed by atoms with Crippen LogP contribution >= 0.6 is 0 Å². The molecule has 0 aliphatic heterocycles. The minimum Gasteiger partial charge on any atom is -0.465 e. The van der Waals surface area contributed by atoms with Crippen LogP contribution in [-0.2, 0) is 4.74 Å². The molecule has 0 heterocycles. The summed E-state index contributed by atoms with van der Waals surface area (Å²) >= 11 is 0. The molecule has 0 aliphatic rings. The van der Waals surface area contributed by atoms with E-state index in [1.54, 1.807) is 0 Å². The van der Waals surface area contributed by atoms with Crippen molar-refractivity contribution in [2.75, 3.05) is 19.0 Å². The maximum atomic E-state index is 13.5. The van der Waals surface area contributed by atoms with Crippen molar-refractivity contribution in [2.45, 2.75) is 19.8 Å². The van der Waals surface area contributed by atoms with Crippen molar-refractivity contribution >= 4 is 11.7 Å². The van der Waals surface area contributed by atoms with Crippen LogP contribution in [0.3, 0.4) is 0 Å². The maximum absolute atomic E-state index is 13.5. The first-order valence-corrected chi connectivity index (χ1v) is 5.52. The average molecular weight is 261 g/mol. The number of anilines is 1. The predicted octanol–water partition coefficient (Wildman–Crippen LogP) is 3.10. The van der Waals surface area contributed by atoms with E-state index in [9.17, 15) is 18.0 Å². The summed E-state index contributed by atoms with van der Waals surface area (Å²) in [6.07, 6.45) is 1.55. The van der Waals surface area contributed by atoms with Crippen LogP contribution in [0.25, 0.3) is 0 Å². The fourth-order valence-corrected chi connectivity index (χ4v) is 1.45. The number of halogens is 3. The van der Waals surface area contributed by atoms with Gasteiger partial charge in [0.05, 0.1) is 12.8 Å². The van der Waals surface area contributed by atoms with Gasteiger partial charge in [-0.05, 0) is 6.42 Å². The Bertz CT molecular complexity index is 449. The van der Waals surface area contributed by atoms with Crippen molar-refractivity contribution in [2.24, 2.45) is 0 Å². The highest BCUT2D eigenvalue weighted by Gasteiger charge is 2.24. The quantitative estimate of drug-likeness (QED) is 0.503. The third-order valence-corrected chi connectivity index (χ3v) is 2.39. The molecule has 0 bridgehead atoms. The Kier molecular flexibility index (Phi) is 5.00. The van der Waals surface area contributed by atoms with Crippen LogP contribution in [0.1, 0.15) is 30.1 Å². The van der Waals surface area contributed by atoms with E-state index in [1.165, 1.54) is 0 Å². The second-order valence-corrected chi connectivity index (χ2v) is 3.68. The highest BCUT2D eigenvalue weighted by atomic mass is 19.2. The Morgan fingerprint density at radius 3 is 2.56 bits per heavy atom. The number of hydrogen-bond donors (Lipinski definition) is 1. The number of methoxy groups -OCH3 is 1. The zero-order valence-corrected chi connectivity index (χ0v) is 10.1. The fraction of sp³-hybridized carbons (Fsp3) is 0.417. The third-order valence-electron chi connectivity index (χ3n) is 2.39. The largest absolute Gasteiger partial charge is 0.465 e.